The number of sulfonamides is 1. The second-order valence-corrected chi connectivity index (χ2v) is 9.60. The normalized spacial score (nSPS) is 10.9. The molecule has 190 valence electrons. The van der Waals surface area contributed by atoms with Gasteiger partial charge in [-0.2, -0.15) is 0 Å². The third-order valence-corrected chi connectivity index (χ3v) is 7.12. The first kappa shape index (κ1) is 26.8. The van der Waals surface area contributed by atoms with Crippen LogP contribution in [0, 0.1) is 0 Å². The number of rotatable bonds is 10. The number of ether oxygens (including phenoxy) is 3. The van der Waals surface area contributed by atoms with Crippen molar-refractivity contribution in [3.8, 4) is 11.5 Å². The van der Waals surface area contributed by atoms with Crippen LogP contribution in [0.5, 0.6) is 11.5 Å². The fourth-order valence-electron chi connectivity index (χ4n) is 3.31. The molecule has 11 heteroatoms. The Morgan fingerprint density at radius 2 is 1.69 bits per heavy atom. The summed E-state index contributed by atoms with van der Waals surface area (Å²) in [6.07, 6.45) is 0. The molecule has 0 aliphatic rings. The predicted molar refractivity (Wildman–Crippen MR) is 137 cm³/mol. The molecule has 0 atom stereocenters. The van der Waals surface area contributed by atoms with Crippen molar-refractivity contribution in [2.24, 2.45) is 0 Å². The number of amides is 1. The zero-order chi connectivity index (χ0) is 26.3. The lowest BCUT2D eigenvalue weighted by molar-refractivity contribution is -0.114. The smallest absolute Gasteiger partial charge is 0.339 e. The van der Waals surface area contributed by atoms with Crippen LogP contribution >= 0.6 is 11.6 Å². The fraction of sp³-hybridized carbons (Fsp3) is 0.200. The molecule has 0 aliphatic carbocycles. The summed E-state index contributed by atoms with van der Waals surface area (Å²) in [6, 6.07) is 16.6. The van der Waals surface area contributed by atoms with Gasteiger partial charge in [0.05, 0.1) is 42.0 Å². The van der Waals surface area contributed by atoms with Crippen LogP contribution in [0.2, 0.25) is 5.02 Å². The highest BCUT2D eigenvalue weighted by Crippen LogP contribution is 2.35. The first-order valence-electron chi connectivity index (χ1n) is 10.8. The standard InChI is InChI=1S/C25H25ClN2O7S/c1-4-35-25(30)20-14-17(10-12-21(20)26)27-24(29)16-28(36(31,32)19-8-6-5-7-9-19)22-15-18(33-2)11-13-23(22)34-3/h5-15H,4,16H2,1-3H3,(H,27,29). The van der Waals surface area contributed by atoms with E-state index in [-0.39, 0.29) is 39.2 Å². The van der Waals surface area contributed by atoms with Crippen LogP contribution in [-0.4, -0.2) is 47.7 Å². The Balaban J connectivity index is 2.00. The highest BCUT2D eigenvalue weighted by atomic mass is 35.5. The van der Waals surface area contributed by atoms with Crippen molar-refractivity contribution in [3.63, 3.8) is 0 Å². The van der Waals surface area contributed by atoms with Gasteiger partial charge in [0.15, 0.2) is 0 Å². The van der Waals surface area contributed by atoms with Gasteiger partial charge >= 0.3 is 5.97 Å². The molecule has 36 heavy (non-hydrogen) atoms. The first-order valence-corrected chi connectivity index (χ1v) is 12.6. The molecule has 1 amide bonds. The lowest BCUT2D eigenvalue weighted by Crippen LogP contribution is -2.38. The molecule has 0 saturated carbocycles. The summed E-state index contributed by atoms with van der Waals surface area (Å²) in [4.78, 5) is 25.2. The van der Waals surface area contributed by atoms with Gasteiger partial charge in [0.25, 0.3) is 10.0 Å². The number of nitrogens with zero attached hydrogens (tertiary/aromatic N) is 1. The third-order valence-electron chi connectivity index (χ3n) is 5.02. The summed E-state index contributed by atoms with van der Waals surface area (Å²) in [5.74, 6) is -0.722. The van der Waals surface area contributed by atoms with Gasteiger partial charge < -0.3 is 19.5 Å². The Bertz CT molecular complexity index is 1350. The van der Waals surface area contributed by atoms with E-state index in [4.69, 9.17) is 25.8 Å². The van der Waals surface area contributed by atoms with Crippen molar-refractivity contribution in [3.05, 3.63) is 77.3 Å². The number of halogens is 1. The van der Waals surface area contributed by atoms with Gasteiger partial charge in [0.1, 0.15) is 18.0 Å². The van der Waals surface area contributed by atoms with E-state index in [0.717, 1.165) is 4.31 Å². The molecule has 3 aromatic rings. The molecule has 0 spiro atoms. The van der Waals surface area contributed by atoms with E-state index >= 15 is 0 Å². The summed E-state index contributed by atoms with van der Waals surface area (Å²) in [5, 5.41) is 2.77. The zero-order valence-electron chi connectivity index (χ0n) is 19.9. The van der Waals surface area contributed by atoms with Crippen molar-refractivity contribution in [2.45, 2.75) is 11.8 Å². The quantitative estimate of drug-likeness (QED) is 0.386. The van der Waals surface area contributed by atoms with Crippen LogP contribution in [0.1, 0.15) is 17.3 Å². The van der Waals surface area contributed by atoms with Crippen LogP contribution < -0.4 is 19.1 Å². The van der Waals surface area contributed by atoms with Crippen molar-refractivity contribution < 1.29 is 32.2 Å². The minimum absolute atomic E-state index is 0.0150. The minimum atomic E-state index is -4.19. The molecule has 0 aliphatic heterocycles. The van der Waals surface area contributed by atoms with Gasteiger partial charge in [-0.1, -0.05) is 29.8 Å². The number of esters is 1. The van der Waals surface area contributed by atoms with Crippen molar-refractivity contribution in [2.75, 3.05) is 37.0 Å². The molecule has 3 aromatic carbocycles. The summed E-state index contributed by atoms with van der Waals surface area (Å²) in [7, 11) is -1.36. The second kappa shape index (κ2) is 11.8. The van der Waals surface area contributed by atoms with Crippen LogP contribution in [-0.2, 0) is 19.6 Å². The Morgan fingerprint density at radius 1 is 0.972 bits per heavy atom. The lowest BCUT2D eigenvalue weighted by Gasteiger charge is -2.26. The van der Waals surface area contributed by atoms with E-state index in [1.54, 1.807) is 37.3 Å². The van der Waals surface area contributed by atoms with E-state index in [1.807, 2.05) is 0 Å². The van der Waals surface area contributed by atoms with Crippen molar-refractivity contribution in [1.82, 2.24) is 0 Å². The number of hydrogen-bond donors (Lipinski definition) is 1. The van der Waals surface area contributed by atoms with E-state index < -0.39 is 28.4 Å². The van der Waals surface area contributed by atoms with Crippen LogP contribution in [0.25, 0.3) is 0 Å². The average molecular weight is 533 g/mol. The zero-order valence-corrected chi connectivity index (χ0v) is 21.4. The van der Waals surface area contributed by atoms with Gasteiger partial charge in [-0.15, -0.1) is 0 Å². The lowest BCUT2D eigenvalue weighted by atomic mass is 10.2. The van der Waals surface area contributed by atoms with E-state index in [0.29, 0.717) is 5.75 Å². The molecule has 1 N–H and O–H groups in total. The number of hydrogen-bond acceptors (Lipinski definition) is 7. The average Bonchev–Trinajstić information content (AvgIpc) is 2.88. The molecule has 0 saturated heterocycles. The Kier molecular flexibility index (Phi) is 8.78. The molecule has 3 rings (SSSR count). The molecule has 9 nitrogen and oxygen atoms in total. The molecular formula is C25H25ClN2O7S. The van der Waals surface area contributed by atoms with E-state index in [9.17, 15) is 18.0 Å². The Morgan fingerprint density at radius 3 is 2.33 bits per heavy atom. The summed E-state index contributed by atoms with van der Waals surface area (Å²) in [6.45, 7) is 1.21. The fourth-order valence-corrected chi connectivity index (χ4v) is 4.95. The third kappa shape index (κ3) is 6.07. The molecule has 0 bridgehead atoms. The maximum absolute atomic E-state index is 13.6. The molecule has 0 radical (unpaired) electrons. The molecule has 0 unspecified atom stereocenters. The summed E-state index contributed by atoms with van der Waals surface area (Å²) < 4.78 is 43.8. The van der Waals surface area contributed by atoms with E-state index in [1.165, 1.54) is 50.6 Å². The van der Waals surface area contributed by atoms with Crippen molar-refractivity contribution >= 4 is 44.9 Å². The van der Waals surface area contributed by atoms with E-state index in [2.05, 4.69) is 5.32 Å². The largest absolute Gasteiger partial charge is 0.497 e. The molecule has 0 fully saturated rings. The minimum Gasteiger partial charge on any atom is -0.497 e. The predicted octanol–water partition coefficient (Wildman–Crippen LogP) is 4.37. The summed E-state index contributed by atoms with van der Waals surface area (Å²) in [5.41, 5.74) is 0.417. The summed E-state index contributed by atoms with van der Waals surface area (Å²) >= 11 is 6.09. The van der Waals surface area contributed by atoms with Gasteiger partial charge in [0.2, 0.25) is 5.91 Å². The highest BCUT2D eigenvalue weighted by Gasteiger charge is 2.30. The monoisotopic (exact) mass is 532 g/mol. The maximum atomic E-state index is 13.6. The van der Waals surface area contributed by atoms with Crippen LogP contribution in [0.15, 0.2) is 71.6 Å². The van der Waals surface area contributed by atoms with Crippen molar-refractivity contribution in [1.29, 1.82) is 0 Å². The first-order chi connectivity index (χ1) is 17.2. The maximum Gasteiger partial charge on any atom is 0.339 e. The van der Waals surface area contributed by atoms with Gasteiger partial charge in [0, 0.05) is 11.8 Å². The Labute approximate surface area is 214 Å². The number of nitrogens with one attached hydrogen (secondary N) is 1. The molecule has 0 aromatic heterocycles. The molecular weight excluding hydrogens is 508 g/mol. The van der Waals surface area contributed by atoms with Gasteiger partial charge in [-0.25, -0.2) is 13.2 Å². The molecule has 0 heterocycles. The van der Waals surface area contributed by atoms with Gasteiger partial charge in [-0.05, 0) is 49.4 Å². The van der Waals surface area contributed by atoms with Gasteiger partial charge in [-0.3, -0.25) is 9.10 Å². The number of carbonyl (C=O) groups excluding carboxylic acids is 2. The highest BCUT2D eigenvalue weighted by molar-refractivity contribution is 7.92. The number of carbonyl (C=O) groups is 2. The van der Waals surface area contributed by atoms with Crippen LogP contribution in [0.4, 0.5) is 11.4 Å². The Hall–Kier alpha value is -3.76. The number of benzene rings is 3. The topological polar surface area (TPSA) is 111 Å². The second-order valence-electron chi connectivity index (χ2n) is 7.33. The SMILES string of the molecule is CCOC(=O)c1cc(NC(=O)CN(c2cc(OC)ccc2OC)S(=O)(=O)c2ccccc2)ccc1Cl. The van der Waals surface area contributed by atoms with Crippen LogP contribution in [0.3, 0.4) is 0 Å². The number of methoxy groups -OCH3 is 2. The number of anilines is 2.